The number of rotatable bonds is 7. The standard InChI is InChI=1S/C23H24N2O/c1-24(22-15-9-4-10-16-22)19-23(26)25(17-20-11-5-2-6-12-20)18-21-13-7-3-8-14-21/h2-16H,17-19H2,1H3. The minimum atomic E-state index is 0.115. The molecular formula is C23H24N2O. The first-order chi connectivity index (χ1) is 12.7. The Kier molecular flexibility index (Phi) is 6.05. The van der Waals surface area contributed by atoms with Crippen LogP contribution >= 0.6 is 0 Å². The molecule has 3 nitrogen and oxygen atoms in total. The zero-order valence-electron chi connectivity index (χ0n) is 15.1. The lowest BCUT2D eigenvalue weighted by molar-refractivity contribution is -0.130. The summed E-state index contributed by atoms with van der Waals surface area (Å²) in [5.41, 5.74) is 3.32. The van der Waals surface area contributed by atoms with Crippen molar-refractivity contribution >= 4 is 11.6 Å². The van der Waals surface area contributed by atoms with E-state index in [1.807, 2.05) is 83.6 Å². The third kappa shape index (κ3) is 4.96. The lowest BCUT2D eigenvalue weighted by Gasteiger charge is -2.27. The van der Waals surface area contributed by atoms with Crippen molar-refractivity contribution in [1.82, 2.24) is 4.90 Å². The summed E-state index contributed by atoms with van der Waals surface area (Å²) in [6.45, 7) is 1.57. The van der Waals surface area contributed by atoms with Gasteiger partial charge in [-0.25, -0.2) is 0 Å². The van der Waals surface area contributed by atoms with Gasteiger partial charge < -0.3 is 9.80 Å². The second kappa shape index (κ2) is 8.86. The highest BCUT2D eigenvalue weighted by Crippen LogP contribution is 2.14. The van der Waals surface area contributed by atoms with E-state index in [2.05, 4.69) is 24.3 Å². The Morgan fingerprint density at radius 1 is 0.692 bits per heavy atom. The van der Waals surface area contributed by atoms with Gasteiger partial charge in [0.15, 0.2) is 0 Å². The molecule has 0 N–H and O–H groups in total. The molecule has 1 amide bonds. The molecule has 3 aromatic carbocycles. The molecule has 3 rings (SSSR count). The number of amides is 1. The van der Waals surface area contributed by atoms with Crippen LogP contribution in [0.15, 0.2) is 91.0 Å². The Balaban J connectivity index is 1.74. The number of benzene rings is 3. The molecule has 0 heterocycles. The van der Waals surface area contributed by atoms with Gasteiger partial charge in [-0.2, -0.15) is 0 Å². The van der Waals surface area contributed by atoms with E-state index in [4.69, 9.17) is 0 Å². The zero-order chi connectivity index (χ0) is 18.2. The first-order valence-corrected chi connectivity index (χ1v) is 8.84. The molecule has 0 aliphatic rings. The fourth-order valence-electron chi connectivity index (χ4n) is 2.92. The summed E-state index contributed by atoms with van der Waals surface area (Å²) in [5.74, 6) is 0.115. The van der Waals surface area contributed by atoms with Crippen molar-refractivity contribution in [1.29, 1.82) is 0 Å². The van der Waals surface area contributed by atoms with Gasteiger partial charge >= 0.3 is 0 Å². The Morgan fingerprint density at radius 3 is 1.58 bits per heavy atom. The van der Waals surface area contributed by atoms with Gasteiger partial charge in [0.2, 0.25) is 5.91 Å². The van der Waals surface area contributed by atoms with Crippen LogP contribution in [0.25, 0.3) is 0 Å². The zero-order valence-corrected chi connectivity index (χ0v) is 15.1. The molecule has 132 valence electrons. The van der Waals surface area contributed by atoms with Gasteiger partial charge in [0, 0.05) is 25.8 Å². The Hall–Kier alpha value is -3.07. The number of hydrogen-bond acceptors (Lipinski definition) is 2. The number of carbonyl (C=O) groups is 1. The van der Waals surface area contributed by atoms with Crippen molar-refractivity contribution < 1.29 is 4.79 Å². The second-order valence-corrected chi connectivity index (χ2v) is 6.41. The molecule has 0 saturated heterocycles. The van der Waals surface area contributed by atoms with Crippen molar-refractivity contribution in [3.05, 3.63) is 102 Å². The fourth-order valence-corrected chi connectivity index (χ4v) is 2.92. The van der Waals surface area contributed by atoms with Crippen LogP contribution in [-0.4, -0.2) is 24.4 Å². The molecule has 0 spiro atoms. The highest BCUT2D eigenvalue weighted by atomic mass is 16.2. The lowest BCUT2D eigenvalue weighted by atomic mass is 10.1. The first kappa shape index (κ1) is 17.7. The molecule has 0 saturated carbocycles. The molecule has 0 fully saturated rings. The maximum Gasteiger partial charge on any atom is 0.242 e. The van der Waals surface area contributed by atoms with E-state index in [1.54, 1.807) is 0 Å². The fraction of sp³-hybridized carbons (Fsp3) is 0.174. The van der Waals surface area contributed by atoms with Gasteiger partial charge in [-0.15, -0.1) is 0 Å². The third-order valence-electron chi connectivity index (χ3n) is 4.35. The summed E-state index contributed by atoms with van der Waals surface area (Å²) in [4.78, 5) is 16.9. The molecule has 0 aliphatic heterocycles. The van der Waals surface area contributed by atoms with Crippen LogP contribution in [0.5, 0.6) is 0 Å². The van der Waals surface area contributed by atoms with Crippen LogP contribution in [0.3, 0.4) is 0 Å². The molecule has 0 atom stereocenters. The van der Waals surface area contributed by atoms with Crippen LogP contribution in [-0.2, 0) is 17.9 Å². The van der Waals surface area contributed by atoms with Crippen molar-refractivity contribution in [2.75, 3.05) is 18.5 Å². The number of nitrogens with zero attached hydrogens (tertiary/aromatic N) is 2. The Bertz CT molecular complexity index is 762. The number of anilines is 1. The Labute approximate surface area is 155 Å². The lowest BCUT2D eigenvalue weighted by Crippen LogP contribution is -2.38. The van der Waals surface area contributed by atoms with Gasteiger partial charge in [-0.1, -0.05) is 78.9 Å². The van der Waals surface area contributed by atoms with Crippen molar-refractivity contribution in [3.8, 4) is 0 Å². The number of para-hydroxylation sites is 1. The summed E-state index contributed by atoms with van der Waals surface area (Å²) < 4.78 is 0. The number of hydrogen-bond donors (Lipinski definition) is 0. The van der Waals surface area contributed by atoms with E-state index < -0.39 is 0 Å². The van der Waals surface area contributed by atoms with E-state index in [1.165, 1.54) is 0 Å². The van der Waals surface area contributed by atoms with Crippen LogP contribution in [0, 0.1) is 0 Å². The monoisotopic (exact) mass is 344 g/mol. The van der Waals surface area contributed by atoms with E-state index in [0.29, 0.717) is 19.6 Å². The normalized spacial score (nSPS) is 10.3. The summed E-state index contributed by atoms with van der Waals surface area (Å²) in [6.07, 6.45) is 0. The molecule has 0 radical (unpaired) electrons. The topological polar surface area (TPSA) is 23.6 Å². The summed E-state index contributed by atoms with van der Waals surface area (Å²) in [6, 6.07) is 30.3. The van der Waals surface area contributed by atoms with E-state index >= 15 is 0 Å². The molecular weight excluding hydrogens is 320 g/mol. The molecule has 0 aliphatic carbocycles. The third-order valence-corrected chi connectivity index (χ3v) is 4.35. The first-order valence-electron chi connectivity index (χ1n) is 8.84. The molecule has 0 aromatic heterocycles. The average Bonchev–Trinajstić information content (AvgIpc) is 2.69. The van der Waals surface area contributed by atoms with Crippen LogP contribution in [0.4, 0.5) is 5.69 Å². The average molecular weight is 344 g/mol. The number of likely N-dealkylation sites (N-methyl/N-ethyl adjacent to an activating group) is 1. The highest BCUT2D eigenvalue weighted by molar-refractivity contribution is 5.81. The predicted molar refractivity (Wildman–Crippen MR) is 107 cm³/mol. The van der Waals surface area contributed by atoms with Gasteiger partial charge in [0.05, 0.1) is 6.54 Å². The summed E-state index contributed by atoms with van der Waals surface area (Å²) in [5, 5.41) is 0. The van der Waals surface area contributed by atoms with Gasteiger partial charge in [0.25, 0.3) is 0 Å². The minimum absolute atomic E-state index is 0.115. The molecule has 0 bridgehead atoms. The minimum Gasteiger partial charge on any atom is -0.365 e. The van der Waals surface area contributed by atoms with Crippen LogP contribution in [0.2, 0.25) is 0 Å². The molecule has 26 heavy (non-hydrogen) atoms. The molecule has 3 aromatic rings. The van der Waals surface area contributed by atoms with E-state index in [9.17, 15) is 4.79 Å². The predicted octanol–water partition coefficient (Wildman–Crippen LogP) is 4.35. The second-order valence-electron chi connectivity index (χ2n) is 6.41. The maximum absolute atomic E-state index is 13.0. The van der Waals surface area contributed by atoms with Crippen LogP contribution in [0.1, 0.15) is 11.1 Å². The van der Waals surface area contributed by atoms with Gasteiger partial charge in [-0.3, -0.25) is 4.79 Å². The van der Waals surface area contributed by atoms with Gasteiger partial charge in [-0.05, 0) is 23.3 Å². The van der Waals surface area contributed by atoms with Crippen molar-refractivity contribution in [3.63, 3.8) is 0 Å². The smallest absolute Gasteiger partial charge is 0.242 e. The quantitative estimate of drug-likeness (QED) is 0.636. The largest absolute Gasteiger partial charge is 0.365 e. The van der Waals surface area contributed by atoms with E-state index in [0.717, 1.165) is 16.8 Å². The molecule has 3 heteroatoms. The highest BCUT2D eigenvalue weighted by Gasteiger charge is 2.17. The number of carbonyl (C=O) groups excluding carboxylic acids is 1. The maximum atomic E-state index is 13.0. The summed E-state index contributed by atoms with van der Waals surface area (Å²) >= 11 is 0. The Morgan fingerprint density at radius 2 is 1.12 bits per heavy atom. The molecule has 0 unspecified atom stereocenters. The van der Waals surface area contributed by atoms with Crippen molar-refractivity contribution in [2.45, 2.75) is 13.1 Å². The van der Waals surface area contributed by atoms with E-state index in [-0.39, 0.29) is 5.91 Å². The van der Waals surface area contributed by atoms with Crippen LogP contribution < -0.4 is 4.90 Å². The van der Waals surface area contributed by atoms with Gasteiger partial charge in [0.1, 0.15) is 0 Å². The SMILES string of the molecule is CN(CC(=O)N(Cc1ccccc1)Cc1ccccc1)c1ccccc1. The van der Waals surface area contributed by atoms with Crippen molar-refractivity contribution in [2.24, 2.45) is 0 Å². The summed E-state index contributed by atoms with van der Waals surface area (Å²) in [7, 11) is 1.95.